The lowest BCUT2D eigenvalue weighted by Gasteiger charge is -1.95. The van der Waals surface area contributed by atoms with E-state index in [2.05, 4.69) is 12.2 Å². The van der Waals surface area contributed by atoms with Gasteiger partial charge in [0, 0.05) is 4.88 Å². The third kappa shape index (κ3) is 1.95. The minimum atomic E-state index is -0.489. The molecule has 1 aromatic heterocycles. The molecular formula is C11H13NO2S. The molecule has 0 atom stereocenters. The van der Waals surface area contributed by atoms with Crippen molar-refractivity contribution in [2.75, 3.05) is 5.32 Å². The fourth-order valence-corrected chi connectivity index (χ4v) is 2.75. The van der Waals surface area contributed by atoms with E-state index in [-0.39, 0.29) is 5.78 Å². The molecule has 1 amide bonds. The molecular weight excluding hydrogens is 210 g/mol. The number of unbranched alkanes of at least 4 members (excludes halogenated alkanes) is 2. The summed E-state index contributed by atoms with van der Waals surface area (Å²) in [6.45, 7) is 2.16. The number of thiophene rings is 1. The summed E-state index contributed by atoms with van der Waals surface area (Å²) in [5.74, 6) is -0.868. The molecule has 0 unspecified atom stereocenters. The molecule has 0 aromatic carbocycles. The predicted octanol–water partition coefficient (Wildman–Crippen LogP) is 2.62. The first-order valence-corrected chi connectivity index (χ1v) is 6.02. The lowest BCUT2D eigenvalue weighted by atomic mass is 10.2. The van der Waals surface area contributed by atoms with Gasteiger partial charge >= 0.3 is 0 Å². The highest BCUT2D eigenvalue weighted by Crippen LogP contribution is 2.32. The average Bonchev–Trinajstić information content (AvgIpc) is 2.70. The maximum atomic E-state index is 11.3. The van der Waals surface area contributed by atoms with Crippen LogP contribution in [0, 0.1) is 0 Å². The lowest BCUT2D eigenvalue weighted by Crippen LogP contribution is -2.12. The van der Waals surface area contributed by atoms with Crippen molar-refractivity contribution in [1.29, 1.82) is 0 Å². The first kappa shape index (κ1) is 10.4. The van der Waals surface area contributed by atoms with Crippen LogP contribution in [-0.2, 0) is 11.2 Å². The van der Waals surface area contributed by atoms with Crippen molar-refractivity contribution in [3.8, 4) is 0 Å². The second kappa shape index (κ2) is 4.14. The van der Waals surface area contributed by atoms with Gasteiger partial charge in [-0.3, -0.25) is 9.59 Å². The average molecular weight is 223 g/mol. The maximum Gasteiger partial charge on any atom is 0.297 e. The molecule has 0 saturated heterocycles. The predicted molar refractivity (Wildman–Crippen MR) is 60.5 cm³/mol. The monoisotopic (exact) mass is 223 g/mol. The van der Waals surface area contributed by atoms with E-state index in [1.165, 1.54) is 29.1 Å². The Bertz CT molecular complexity index is 409. The zero-order valence-electron chi connectivity index (χ0n) is 8.63. The standard InChI is InChI=1S/C11H13NO2S/c1-2-3-4-5-7-6-8-10(15-7)9(13)11(14)12-8/h6H,2-5H2,1H3,(H,12,13,14). The van der Waals surface area contributed by atoms with Crippen molar-refractivity contribution in [3.63, 3.8) is 0 Å². The lowest BCUT2D eigenvalue weighted by molar-refractivity contribution is -0.112. The van der Waals surface area contributed by atoms with Gasteiger partial charge in [-0.1, -0.05) is 19.8 Å². The molecule has 15 heavy (non-hydrogen) atoms. The van der Waals surface area contributed by atoms with E-state index in [9.17, 15) is 9.59 Å². The minimum absolute atomic E-state index is 0.378. The van der Waals surface area contributed by atoms with E-state index in [1.807, 2.05) is 6.07 Å². The highest BCUT2D eigenvalue weighted by Gasteiger charge is 2.30. The number of fused-ring (bicyclic) bond motifs is 1. The summed E-state index contributed by atoms with van der Waals surface area (Å²) in [4.78, 5) is 24.1. The smallest absolute Gasteiger partial charge is 0.297 e. The van der Waals surface area contributed by atoms with Gasteiger partial charge in [-0.25, -0.2) is 0 Å². The van der Waals surface area contributed by atoms with E-state index in [0.29, 0.717) is 10.6 Å². The first-order chi connectivity index (χ1) is 7.22. The Morgan fingerprint density at radius 3 is 2.80 bits per heavy atom. The van der Waals surface area contributed by atoms with Gasteiger partial charge in [0.05, 0.1) is 5.69 Å². The fraction of sp³-hybridized carbons (Fsp3) is 0.455. The second-order valence-electron chi connectivity index (χ2n) is 3.70. The molecule has 4 heteroatoms. The Hall–Kier alpha value is -1.16. The van der Waals surface area contributed by atoms with Crippen LogP contribution >= 0.6 is 11.3 Å². The number of carbonyl (C=O) groups is 2. The van der Waals surface area contributed by atoms with E-state index in [4.69, 9.17) is 0 Å². The Morgan fingerprint density at radius 1 is 1.33 bits per heavy atom. The van der Waals surface area contributed by atoms with Crippen molar-refractivity contribution < 1.29 is 9.59 Å². The van der Waals surface area contributed by atoms with Gasteiger partial charge in [0.1, 0.15) is 4.88 Å². The molecule has 0 aliphatic carbocycles. The molecule has 1 N–H and O–H groups in total. The van der Waals surface area contributed by atoms with Crippen molar-refractivity contribution in [2.24, 2.45) is 0 Å². The van der Waals surface area contributed by atoms with Crippen LogP contribution in [0.2, 0.25) is 0 Å². The molecule has 1 aromatic rings. The summed E-state index contributed by atoms with van der Waals surface area (Å²) < 4.78 is 0. The number of aryl methyl sites for hydroxylation is 1. The highest BCUT2D eigenvalue weighted by molar-refractivity contribution is 7.16. The summed E-state index contributed by atoms with van der Waals surface area (Å²) >= 11 is 1.45. The molecule has 2 heterocycles. The topological polar surface area (TPSA) is 46.2 Å². The second-order valence-corrected chi connectivity index (χ2v) is 4.83. The molecule has 0 bridgehead atoms. The molecule has 80 valence electrons. The van der Waals surface area contributed by atoms with E-state index >= 15 is 0 Å². The molecule has 3 nitrogen and oxygen atoms in total. The number of hydrogen-bond acceptors (Lipinski definition) is 3. The third-order valence-corrected chi connectivity index (χ3v) is 3.66. The van der Waals surface area contributed by atoms with E-state index in [0.717, 1.165) is 12.8 Å². The van der Waals surface area contributed by atoms with Gasteiger partial charge in [-0.05, 0) is 18.9 Å². The number of anilines is 1. The van der Waals surface area contributed by atoms with Crippen LogP contribution in [-0.4, -0.2) is 11.7 Å². The van der Waals surface area contributed by atoms with Crippen molar-refractivity contribution in [3.05, 3.63) is 15.8 Å². The normalized spacial score (nSPS) is 14.2. The van der Waals surface area contributed by atoms with Crippen LogP contribution in [0.1, 0.15) is 40.7 Å². The molecule has 0 fully saturated rings. The van der Waals surface area contributed by atoms with Gasteiger partial charge < -0.3 is 5.32 Å². The molecule has 1 aliphatic heterocycles. The van der Waals surface area contributed by atoms with Crippen molar-refractivity contribution in [2.45, 2.75) is 32.6 Å². The number of Topliss-reactive ketones (excluding diaryl/α,β-unsaturated/α-hetero) is 1. The Morgan fingerprint density at radius 2 is 2.13 bits per heavy atom. The van der Waals surface area contributed by atoms with Crippen LogP contribution in [0.4, 0.5) is 5.69 Å². The highest BCUT2D eigenvalue weighted by atomic mass is 32.1. The number of ketones is 1. The number of amides is 1. The van der Waals surface area contributed by atoms with Crippen molar-refractivity contribution in [1.82, 2.24) is 0 Å². The fourth-order valence-electron chi connectivity index (χ4n) is 1.66. The Balaban J connectivity index is 2.06. The number of nitrogens with one attached hydrogen (secondary N) is 1. The molecule has 0 spiro atoms. The largest absolute Gasteiger partial charge is 0.318 e. The summed E-state index contributed by atoms with van der Waals surface area (Å²) in [6.07, 6.45) is 4.57. The SMILES string of the molecule is CCCCCc1cc2c(s1)C(=O)C(=O)N2. The molecule has 0 radical (unpaired) electrons. The van der Waals surface area contributed by atoms with E-state index < -0.39 is 5.91 Å². The quantitative estimate of drug-likeness (QED) is 0.630. The maximum absolute atomic E-state index is 11.3. The van der Waals surface area contributed by atoms with Gasteiger partial charge in [0.2, 0.25) is 0 Å². The van der Waals surface area contributed by atoms with E-state index in [1.54, 1.807) is 0 Å². The summed E-state index contributed by atoms with van der Waals surface area (Å²) in [5, 5.41) is 2.58. The van der Waals surface area contributed by atoms with Crippen LogP contribution in [0.5, 0.6) is 0 Å². The number of rotatable bonds is 4. The zero-order valence-corrected chi connectivity index (χ0v) is 9.45. The van der Waals surface area contributed by atoms with Gasteiger partial charge in [-0.15, -0.1) is 11.3 Å². The van der Waals surface area contributed by atoms with Crippen LogP contribution in [0.25, 0.3) is 0 Å². The summed E-state index contributed by atoms with van der Waals surface area (Å²) in [6, 6.07) is 1.93. The minimum Gasteiger partial charge on any atom is -0.318 e. The molecule has 2 rings (SSSR count). The van der Waals surface area contributed by atoms with Gasteiger partial charge in [0.15, 0.2) is 0 Å². The van der Waals surface area contributed by atoms with Crippen molar-refractivity contribution >= 4 is 28.7 Å². The van der Waals surface area contributed by atoms with Crippen LogP contribution in [0.15, 0.2) is 6.07 Å². The molecule has 0 saturated carbocycles. The first-order valence-electron chi connectivity index (χ1n) is 5.20. The summed E-state index contributed by atoms with van der Waals surface area (Å²) in [5.41, 5.74) is 0.710. The molecule has 1 aliphatic rings. The van der Waals surface area contributed by atoms with Crippen LogP contribution < -0.4 is 5.32 Å². The van der Waals surface area contributed by atoms with Gasteiger partial charge in [0.25, 0.3) is 11.7 Å². The third-order valence-electron chi connectivity index (χ3n) is 2.47. The summed E-state index contributed by atoms with van der Waals surface area (Å²) in [7, 11) is 0. The number of hydrogen-bond donors (Lipinski definition) is 1. The number of carbonyl (C=O) groups excluding carboxylic acids is 2. The van der Waals surface area contributed by atoms with Crippen LogP contribution in [0.3, 0.4) is 0 Å². The van der Waals surface area contributed by atoms with Gasteiger partial charge in [-0.2, -0.15) is 0 Å². The Labute approximate surface area is 92.5 Å². The Kier molecular flexibility index (Phi) is 2.86. The zero-order chi connectivity index (χ0) is 10.8.